The Morgan fingerprint density at radius 2 is 1.90 bits per heavy atom. The summed E-state index contributed by atoms with van der Waals surface area (Å²) < 4.78 is 3.18. The van der Waals surface area contributed by atoms with E-state index in [1.165, 1.54) is 9.14 Å². The van der Waals surface area contributed by atoms with Crippen molar-refractivity contribution in [1.29, 1.82) is 0 Å². The number of hydrogen-bond acceptors (Lipinski definition) is 2. The highest BCUT2D eigenvalue weighted by molar-refractivity contribution is 14.1. The Labute approximate surface area is 134 Å². The lowest BCUT2D eigenvalue weighted by Gasteiger charge is -2.08. The molecule has 20 heavy (non-hydrogen) atoms. The van der Waals surface area contributed by atoms with Gasteiger partial charge in [-0.1, -0.05) is 19.4 Å². The fourth-order valence-electron chi connectivity index (χ4n) is 2.01. The van der Waals surface area contributed by atoms with Crippen LogP contribution in [0.15, 0.2) is 42.1 Å². The second-order valence-electron chi connectivity index (χ2n) is 4.71. The molecule has 4 heteroatoms. The Morgan fingerprint density at radius 1 is 1.25 bits per heavy atom. The number of rotatable bonds is 5. The molecular formula is C16H20IN3. The van der Waals surface area contributed by atoms with E-state index >= 15 is 0 Å². The third-order valence-electron chi connectivity index (χ3n) is 3.24. The van der Waals surface area contributed by atoms with Crippen LogP contribution in [0.25, 0.3) is 5.69 Å². The lowest BCUT2D eigenvalue weighted by Crippen LogP contribution is -2.02. The Kier molecular flexibility index (Phi) is 5.23. The normalized spacial score (nSPS) is 10.4. The van der Waals surface area contributed by atoms with Crippen LogP contribution in [0.5, 0.6) is 0 Å². The molecule has 106 valence electrons. The molecule has 0 aliphatic rings. The van der Waals surface area contributed by atoms with Gasteiger partial charge in [-0.2, -0.15) is 5.10 Å². The van der Waals surface area contributed by atoms with E-state index in [2.05, 4.69) is 83.4 Å². The van der Waals surface area contributed by atoms with Crippen molar-refractivity contribution >= 4 is 28.4 Å². The monoisotopic (exact) mass is 381 g/mol. The first-order valence-electron chi connectivity index (χ1n) is 6.91. The number of nitrogens with zero attached hydrogens (tertiary/aromatic N) is 2. The second-order valence-corrected chi connectivity index (χ2v) is 5.96. The number of halogens is 1. The molecule has 0 atom stereocenters. The van der Waals surface area contributed by atoms with Gasteiger partial charge < -0.3 is 5.32 Å². The van der Waals surface area contributed by atoms with Crippen LogP contribution in [0.1, 0.15) is 32.4 Å². The summed E-state index contributed by atoms with van der Waals surface area (Å²) in [7, 11) is 0. The zero-order valence-electron chi connectivity index (χ0n) is 12.2. The fourth-order valence-corrected chi connectivity index (χ4v) is 2.37. The van der Waals surface area contributed by atoms with Gasteiger partial charge in [-0.15, -0.1) is 0 Å². The van der Waals surface area contributed by atoms with E-state index in [1.54, 1.807) is 0 Å². The highest BCUT2D eigenvalue weighted by Gasteiger charge is 2.06. The van der Waals surface area contributed by atoms with Crippen molar-refractivity contribution in [2.45, 2.75) is 33.6 Å². The van der Waals surface area contributed by atoms with Gasteiger partial charge in [0, 0.05) is 15.8 Å². The van der Waals surface area contributed by atoms with Crippen molar-refractivity contribution in [2.75, 3.05) is 5.32 Å². The van der Waals surface area contributed by atoms with Crippen molar-refractivity contribution in [3.05, 3.63) is 51.4 Å². The van der Waals surface area contributed by atoms with E-state index in [4.69, 9.17) is 0 Å². The molecule has 0 bridgehead atoms. The summed E-state index contributed by atoms with van der Waals surface area (Å²) in [6.45, 7) is 6.37. The third kappa shape index (κ3) is 3.62. The molecule has 1 aromatic heterocycles. The summed E-state index contributed by atoms with van der Waals surface area (Å²) in [6.07, 6.45) is 4.24. The van der Waals surface area contributed by atoms with Gasteiger partial charge in [0.25, 0.3) is 0 Å². The van der Waals surface area contributed by atoms with Crippen molar-refractivity contribution in [1.82, 2.24) is 9.78 Å². The van der Waals surface area contributed by atoms with Crippen LogP contribution in [-0.4, -0.2) is 9.78 Å². The van der Waals surface area contributed by atoms with Crippen LogP contribution in [0.3, 0.4) is 0 Å². The van der Waals surface area contributed by atoms with E-state index in [9.17, 15) is 0 Å². The highest BCUT2D eigenvalue weighted by Crippen LogP contribution is 2.19. The average Bonchev–Trinajstić information content (AvgIpc) is 2.82. The molecule has 0 radical (unpaired) electrons. The third-order valence-corrected chi connectivity index (χ3v) is 3.95. The van der Waals surface area contributed by atoms with Gasteiger partial charge in [0.1, 0.15) is 5.82 Å². The van der Waals surface area contributed by atoms with Crippen LogP contribution in [0.4, 0.5) is 5.82 Å². The minimum absolute atomic E-state index is 1.00. The highest BCUT2D eigenvalue weighted by atomic mass is 127. The van der Waals surface area contributed by atoms with E-state index in [0.717, 1.165) is 30.0 Å². The SMILES string of the molecule is CCC(=CNc1cc(C)nn1-c1ccc(I)cc1)CC. The van der Waals surface area contributed by atoms with Gasteiger partial charge in [-0.05, 0) is 66.6 Å². The van der Waals surface area contributed by atoms with Gasteiger partial charge in [0.2, 0.25) is 0 Å². The van der Waals surface area contributed by atoms with Crippen molar-refractivity contribution in [3.63, 3.8) is 0 Å². The summed E-state index contributed by atoms with van der Waals surface area (Å²) in [5.74, 6) is 1.00. The predicted molar refractivity (Wildman–Crippen MR) is 93.3 cm³/mol. The number of benzene rings is 1. The Morgan fingerprint density at radius 3 is 2.50 bits per heavy atom. The Hall–Kier alpha value is -1.30. The van der Waals surface area contributed by atoms with Gasteiger partial charge >= 0.3 is 0 Å². The summed E-state index contributed by atoms with van der Waals surface area (Å²) in [6, 6.07) is 10.4. The standard InChI is InChI=1S/C16H20IN3/c1-4-13(5-2)11-18-16-10-12(3)19-20(16)15-8-6-14(17)7-9-15/h6-11,18H,4-5H2,1-3H3. The van der Waals surface area contributed by atoms with Crippen LogP contribution in [0, 0.1) is 10.5 Å². The quantitative estimate of drug-likeness (QED) is 0.747. The zero-order chi connectivity index (χ0) is 14.5. The van der Waals surface area contributed by atoms with Crippen LogP contribution in [0.2, 0.25) is 0 Å². The molecule has 0 saturated carbocycles. The minimum Gasteiger partial charge on any atom is -0.347 e. The molecule has 3 nitrogen and oxygen atoms in total. The van der Waals surface area contributed by atoms with Crippen LogP contribution in [-0.2, 0) is 0 Å². The lowest BCUT2D eigenvalue weighted by atomic mass is 10.2. The average molecular weight is 381 g/mol. The summed E-state index contributed by atoms with van der Waals surface area (Å²) in [5, 5.41) is 7.95. The molecule has 0 fully saturated rings. The second kappa shape index (κ2) is 6.92. The van der Waals surface area contributed by atoms with Gasteiger partial charge in [0.05, 0.1) is 11.4 Å². The van der Waals surface area contributed by atoms with Crippen LogP contribution >= 0.6 is 22.6 Å². The number of aryl methyl sites for hydroxylation is 1. The molecule has 0 aliphatic heterocycles. The molecule has 1 heterocycles. The minimum atomic E-state index is 1.00. The summed E-state index contributed by atoms with van der Waals surface area (Å²) in [5.41, 5.74) is 3.48. The summed E-state index contributed by atoms with van der Waals surface area (Å²) in [4.78, 5) is 0. The number of hydrogen-bond donors (Lipinski definition) is 1. The lowest BCUT2D eigenvalue weighted by molar-refractivity contribution is 0.867. The molecule has 2 rings (SSSR count). The van der Waals surface area contributed by atoms with E-state index < -0.39 is 0 Å². The van der Waals surface area contributed by atoms with Gasteiger partial charge in [-0.25, -0.2) is 4.68 Å². The van der Waals surface area contributed by atoms with E-state index in [-0.39, 0.29) is 0 Å². The smallest absolute Gasteiger partial charge is 0.133 e. The number of nitrogens with one attached hydrogen (secondary N) is 1. The predicted octanol–water partition coefficient (Wildman–Crippen LogP) is 4.90. The molecule has 1 N–H and O–H groups in total. The molecular weight excluding hydrogens is 361 g/mol. The maximum Gasteiger partial charge on any atom is 0.133 e. The van der Waals surface area contributed by atoms with Gasteiger partial charge in [-0.3, -0.25) is 0 Å². The molecule has 0 unspecified atom stereocenters. The number of allylic oxidation sites excluding steroid dienone is 1. The molecule has 0 amide bonds. The maximum atomic E-state index is 4.56. The molecule has 0 saturated heterocycles. The van der Waals surface area contributed by atoms with Gasteiger partial charge in [0.15, 0.2) is 0 Å². The number of aromatic nitrogens is 2. The summed E-state index contributed by atoms with van der Waals surface area (Å²) >= 11 is 2.31. The molecule has 1 aromatic carbocycles. The van der Waals surface area contributed by atoms with E-state index in [0.29, 0.717) is 0 Å². The zero-order valence-corrected chi connectivity index (χ0v) is 14.3. The number of anilines is 1. The molecule has 2 aromatic rings. The van der Waals surface area contributed by atoms with Crippen molar-refractivity contribution in [3.8, 4) is 5.69 Å². The molecule has 0 spiro atoms. The Balaban J connectivity index is 2.31. The first-order chi connectivity index (χ1) is 9.63. The first-order valence-corrected chi connectivity index (χ1v) is 7.99. The maximum absolute atomic E-state index is 4.56. The van der Waals surface area contributed by atoms with E-state index in [1.807, 2.05) is 11.6 Å². The first kappa shape index (κ1) is 15.1. The van der Waals surface area contributed by atoms with Crippen molar-refractivity contribution < 1.29 is 0 Å². The van der Waals surface area contributed by atoms with Crippen molar-refractivity contribution in [2.24, 2.45) is 0 Å². The van der Waals surface area contributed by atoms with Crippen LogP contribution < -0.4 is 5.32 Å². The largest absolute Gasteiger partial charge is 0.347 e. The molecule has 0 aliphatic carbocycles. The fraction of sp³-hybridized carbons (Fsp3) is 0.312. The Bertz CT molecular complexity index is 591. The topological polar surface area (TPSA) is 29.9 Å².